The van der Waals surface area contributed by atoms with Gasteiger partial charge in [-0.3, -0.25) is 39.1 Å². The topological polar surface area (TPSA) is 206 Å². The van der Waals surface area contributed by atoms with Crippen LogP contribution in [0.25, 0.3) is 0 Å². The second-order valence-electron chi connectivity index (χ2n) is 19.6. The minimum atomic E-state index is -1.06. The minimum absolute atomic E-state index is 0.0407. The van der Waals surface area contributed by atoms with Crippen LogP contribution in [0.2, 0.25) is 0 Å². The zero-order valence-corrected chi connectivity index (χ0v) is 39.1. The number of aryl methyl sites for hydroxylation is 2. The lowest BCUT2D eigenvalue weighted by Gasteiger charge is -2.63. The SMILES string of the molecule is COCCN(CC1CCN(c2cnc(C(=O)NC3C(C)(C)C(Oc4cc(C)c(C#N)c(C)c4)C3(C)C)cn2)CC1)C1CC(Oc2cc3c(cc2OC)C(=O)N([C@@H]2CCC(=O)NC2=O)C3=O)C1. The van der Waals surface area contributed by atoms with Crippen LogP contribution in [0.4, 0.5) is 5.82 Å². The van der Waals surface area contributed by atoms with E-state index in [1.54, 1.807) is 19.5 Å². The largest absolute Gasteiger partial charge is 0.493 e. The lowest BCUT2D eigenvalue weighted by atomic mass is 9.49. The van der Waals surface area contributed by atoms with Gasteiger partial charge in [0.15, 0.2) is 11.5 Å². The van der Waals surface area contributed by atoms with E-state index in [2.05, 4.69) is 64.2 Å². The first-order valence-electron chi connectivity index (χ1n) is 22.8. The smallest absolute Gasteiger partial charge is 0.271 e. The number of fused-ring (bicyclic) bond motifs is 1. The Hall–Kier alpha value is -6.12. The molecule has 5 amide bonds. The second-order valence-corrected chi connectivity index (χ2v) is 19.6. The van der Waals surface area contributed by atoms with Crippen molar-refractivity contribution in [2.24, 2.45) is 16.7 Å². The van der Waals surface area contributed by atoms with Crippen molar-refractivity contribution in [1.29, 1.82) is 5.26 Å². The molecule has 8 rings (SSSR count). The van der Waals surface area contributed by atoms with Gasteiger partial charge in [0.25, 0.3) is 17.7 Å². The molecule has 17 heteroatoms. The van der Waals surface area contributed by atoms with E-state index >= 15 is 0 Å². The number of nitriles is 1. The van der Waals surface area contributed by atoms with E-state index in [-0.39, 0.29) is 70.7 Å². The van der Waals surface area contributed by atoms with Crippen molar-refractivity contribution in [3.8, 4) is 23.3 Å². The maximum Gasteiger partial charge on any atom is 0.271 e. The molecule has 1 atom stereocenters. The van der Waals surface area contributed by atoms with Crippen LogP contribution in [-0.4, -0.2) is 127 Å². The molecule has 0 bridgehead atoms. The highest BCUT2D eigenvalue weighted by molar-refractivity contribution is 6.23. The number of anilines is 1. The summed E-state index contributed by atoms with van der Waals surface area (Å²) in [4.78, 5) is 79.5. The van der Waals surface area contributed by atoms with Gasteiger partial charge >= 0.3 is 0 Å². The first-order valence-corrected chi connectivity index (χ1v) is 22.8. The average Bonchev–Trinajstić information content (AvgIpc) is 3.51. The number of rotatable bonds is 15. The lowest BCUT2D eigenvalue weighted by Crippen LogP contribution is -2.74. The maximum atomic E-state index is 13.6. The van der Waals surface area contributed by atoms with E-state index in [9.17, 15) is 29.2 Å². The van der Waals surface area contributed by atoms with Gasteiger partial charge in [-0.15, -0.1) is 0 Å². The summed E-state index contributed by atoms with van der Waals surface area (Å²) in [6, 6.07) is 8.12. The molecule has 4 heterocycles. The molecule has 3 aromatic rings. The van der Waals surface area contributed by atoms with Gasteiger partial charge in [0, 0.05) is 75.5 Å². The van der Waals surface area contributed by atoms with Gasteiger partial charge in [-0.25, -0.2) is 9.97 Å². The summed E-state index contributed by atoms with van der Waals surface area (Å²) >= 11 is 0. The number of methoxy groups -OCH3 is 2. The van der Waals surface area contributed by atoms with E-state index in [0.717, 1.165) is 73.7 Å². The number of hydrogen-bond acceptors (Lipinski definition) is 14. The number of piperidine rings is 2. The van der Waals surface area contributed by atoms with Crippen molar-refractivity contribution in [2.75, 3.05) is 51.9 Å². The van der Waals surface area contributed by atoms with Crippen LogP contribution in [0.3, 0.4) is 0 Å². The van der Waals surface area contributed by atoms with E-state index in [0.29, 0.717) is 35.3 Å². The standard InChI is InChI=1S/C49H60N8O9/c1-27-17-31(18-28(2)35(27)23-50)66-47-48(3,4)46(49(47,5)6)54-42(59)36-24-52-40(25-51-36)55-13-11-29(12-14-55)26-56(15-16-63-7)30-19-32(20-30)65-39-22-34-33(21-38(39)64-8)44(61)57(45(34)62)37-9-10-41(58)53-43(37)60/h17-18,21-22,24-25,29-30,32,37,46-47H,9-16,19-20,26H2,1-8H3,(H,54,59)(H,53,58,60)/t30?,32?,37-,46?,47?/m1/s1. The van der Waals surface area contributed by atoms with E-state index < -0.39 is 29.7 Å². The molecule has 66 heavy (non-hydrogen) atoms. The van der Waals surface area contributed by atoms with E-state index in [4.69, 9.17) is 18.9 Å². The summed E-state index contributed by atoms with van der Waals surface area (Å²) < 4.78 is 24.0. The Morgan fingerprint density at radius 2 is 1.56 bits per heavy atom. The Morgan fingerprint density at radius 1 is 0.909 bits per heavy atom. The fourth-order valence-electron chi connectivity index (χ4n) is 11.1. The molecule has 0 radical (unpaired) electrons. The predicted molar refractivity (Wildman–Crippen MR) is 241 cm³/mol. The second kappa shape index (κ2) is 18.3. The molecule has 2 N–H and O–H groups in total. The van der Waals surface area contributed by atoms with Crippen LogP contribution in [0.15, 0.2) is 36.7 Å². The summed E-state index contributed by atoms with van der Waals surface area (Å²) in [7, 11) is 3.18. The lowest BCUT2D eigenvalue weighted by molar-refractivity contribution is -0.164. The van der Waals surface area contributed by atoms with Crippen LogP contribution in [-0.2, 0) is 14.3 Å². The van der Waals surface area contributed by atoms with Gasteiger partial charge in [-0.2, -0.15) is 5.26 Å². The first kappa shape index (κ1) is 46.4. The number of ether oxygens (including phenoxy) is 4. The summed E-state index contributed by atoms with van der Waals surface area (Å²) in [5, 5.41) is 14.9. The molecule has 350 valence electrons. The number of hydrogen-bond donors (Lipinski definition) is 2. The van der Waals surface area contributed by atoms with Crippen molar-refractivity contribution >= 4 is 35.4 Å². The maximum absolute atomic E-state index is 13.6. The van der Waals surface area contributed by atoms with Crippen molar-refractivity contribution in [3.05, 3.63) is 70.2 Å². The average molecular weight is 905 g/mol. The molecule has 17 nitrogen and oxygen atoms in total. The minimum Gasteiger partial charge on any atom is -0.493 e. The van der Waals surface area contributed by atoms with Crippen molar-refractivity contribution < 1.29 is 42.9 Å². The fraction of sp³-hybridized carbons (Fsp3) is 0.551. The quantitative estimate of drug-likeness (QED) is 0.198. The molecule has 0 spiro atoms. The van der Waals surface area contributed by atoms with Crippen molar-refractivity contribution in [3.63, 3.8) is 0 Å². The Morgan fingerprint density at radius 3 is 2.14 bits per heavy atom. The number of aromatic nitrogens is 2. The normalized spacial score (nSPS) is 24.5. The number of nitrogens with zero attached hydrogens (tertiary/aromatic N) is 6. The molecule has 1 aromatic heterocycles. The Kier molecular flexibility index (Phi) is 12.9. The van der Waals surface area contributed by atoms with Crippen LogP contribution in [0.5, 0.6) is 17.2 Å². The number of nitrogens with one attached hydrogen (secondary N) is 2. The van der Waals surface area contributed by atoms with Gasteiger partial charge in [0.1, 0.15) is 35.5 Å². The van der Waals surface area contributed by atoms with E-state index in [1.165, 1.54) is 19.2 Å². The Labute approximate surface area is 385 Å². The van der Waals surface area contributed by atoms with E-state index in [1.807, 2.05) is 26.0 Å². The number of benzene rings is 2. The Bertz CT molecular complexity index is 2410. The highest BCUT2D eigenvalue weighted by atomic mass is 16.5. The molecular weight excluding hydrogens is 845 g/mol. The molecule has 3 aliphatic heterocycles. The molecule has 0 unspecified atom stereocenters. The van der Waals surface area contributed by atoms with Crippen LogP contribution in [0.1, 0.15) is 114 Å². The van der Waals surface area contributed by atoms with Crippen LogP contribution < -0.4 is 29.7 Å². The number of imide groups is 2. The van der Waals surface area contributed by atoms with Gasteiger partial charge < -0.3 is 29.2 Å². The first-order chi connectivity index (χ1) is 31.4. The monoisotopic (exact) mass is 904 g/mol. The molecule has 2 saturated heterocycles. The Balaban J connectivity index is 0.821. The summed E-state index contributed by atoms with van der Waals surface area (Å²) in [5.74, 6) is 0.0135. The summed E-state index contributed by atoms with van der Waals surface area (Å²) in [6.45, 7) is 16.1. The molecule has 2 aliphatic carbocycles. The summed E-state index contributed by atoms with van der Waals surface area (Å²) in [5.41, 5.74) is 2.18. The zero-order chi connectivity index (χ0) is 47.2. The highest BCUT2D eigenvalue weighted by Crippen LogP contribution is 2.55. The third-order valence-electron chi connectivity index (χ3n) is 14.5. The number of carbonyl (C=O) groups is 5. The predicted octanol–water partition coefficient (Wildman–Crippen LogP) is 4.76. The van der Waals surface area contributed by atoms with Gasteiger partial charge in [-0.1, -0.05) is 27.7 Å². The third-order valence-corrected chi connectivity index (χ3v) is 14.5. The molecule has 2 saturated carbocycles. The van der Waals surface area contributed by atoms with Crippen LogP contribution >= 0.6 is 0 Å². The highest BCUT2D eigenvalue weighted by Gasteiger charge is 2.64. The van der Waals surface area contributed by atoms with Crippen LogP contribution in [0, 0.1) is 41.9 Å². The molecule has 5 aliphatic rings. The molecule has 2 aromatic carbocycles. The molecule has 4 fully saturated rings. The molecular formula is C49H60N8O9. The van der Waals surface area contributed by atoms with Gasteiger partial charge in [0.2, 0.25) is 11.8 Å². The fourth-order valence-corrected chi connectivity index (χ4v) is 11.1. The summed E-state index contributed by atoms with van der Waals surface area (Å²) in [6.07, 6.45) is 6.49. The zero-order valence-electron chi connectivity index (χ0n) is 39.1. The van der Waals surface area contributed by atoms with Crippen molar-refractivity contribution in [2.45, 2.75) is 110 Å². The van der Waals surface area contributed by atoms with Crippen molar-refractivity contribution in [1.82, 2.24) is 30.4 Å². The van der Waals surface area contributed by atoms with Gasteiger partial charge in [-0.05, 0) is 74.4 Å². The number of carbonyl (C=O) groups excluding carboxylic acids is 5. The van der Waals surface area contributed by atoms with Gasteiger partial charge in [0.05, 0.1) is 48.9 Å². The number of amides is 5. The third kappa shape index (κ3) is 8.68.